The Morgan fingerprint density at radius 3 is 2.27 bits per heavy atom. The van der Waals surface area contributed by atoms with E-state index in [2.05, 4.69) is 0 Å². The lowest BCUT2D eigenvalue weighted by molar-refractivity contribution is -0.133. The topological polar surface area (TPSA) is 54.5 Å². The van der Waals surface area contributed by atoms with E-state index in [9.17, 15) is 14.4 Å². The summed E-state index contributed by atoms with van der Waals surface area (Å²) in [5, 5.41) is 0. The fraction of sp³-hybridized carbons (Fsp3) is 0.182. The zero-order valence-electron chi connectivity index (χ0n) is 7.97. The fourth-order valence-corrected chi connectivity index (χ4v) is 1.55. The molecule has 0 aliphatic carbocycles. The van der Waals surface area contributed by atoms with Gasteiger partial charge in [0, 0.05) is 24.2 Å². The van der Waals surface area contributed by atoms with Crippen molar-refractivity contribution in [2.75, 3.05) is 11.4 Å². The molecule has 0 bridgehead atoms. The molecule has 1 aromatic rings. The van der Waals surface area contributed by atoms with Gasteiger partial charge < -0.3 is 4.90 Å². The molecule has 4 heteroatoms. The molecule has 0 spiro atoms. The van der Waals surface area contributed by atoms with E-state index in [0.717, 1.165) is 6.29 Å². The predicted molar refractivity (Wildman–Crippen MR) is 53.8 cm³/mol. The van der Waals surface area contributed by atoms with Gasteiger partial charge in [-0.15, -0.1) is 0 Å². The second-order valence-electron chi connectivity index (χ2n) is 3.34. The van der Waals surface area contributed by atoms with E-state index in [0.29, 0.717) is 17.8 Å². The Morgan fingerprint density at radius 2 is 1.80 bits per heavy atom. The van der Waals surface area contributed by atoms with E-state index in [1.54, 1.807) is 24.3 Å². The van der Waals surface area contributed by atoms with Crippen LogP contribution in [0.4, 0.5) is 5.69 Å². The molecule has 0 radical (unpaired) electrons. The molecule has 0 atom stereocenters. The number of anilines is 1. The van der Waals surface area contributed by atoms with Gasteiger partial charge in [-0.2, -0.15) is 0 Å². The minimum atomic E-state index is -0.464. The van der Waals surface area contributed by atoms with Gasteiger partial charge in [-0.3, -0.25) is 14.4 Å². The number of amides is 1. The maximum absolute atomic E-state index is 11.4. The highest BCUT2D eigenvalue weighted by Crippen LogP contribution is 2.19. The Kier molecular flexibility index (Phi) is 2.33. The zero-order valence-corrected chi connectivity index (χ0v) is 7.97. The minimum absolute atomic E-state index is 0.272. The van der Waals surface area contributed by atoms with Crippen molar-refractivity contribution in [2.45, 2.75) is 6.42 Å². The molecular formula is C11H9NO3. The summed E-state index contributed by atoms with van der Waals surface area (Å²) in [6, 6.07) is 6.58. The smallest absolute Gasteiger partial charge is 0.294 e. The second-order valence-corrected chi connectivity index (χ2v) is 3.34. The van der Waals surface area contributed by atoms with Crippen LogP contribution in [0, 0.1) is 0 Å². The van der Waals surface area contributed by atoms with Gasteiger partial charge in [-0.05, 0) is 24.3 Å². The fourth-order valence-electron chi connectivity index (χ4n) is 1.55. The number of rotatable bonds is 2. The summed E-state index contributed by atoms with van der Waals surface area (Å²) in [5.41, 5.74) is 1.22. The van der Waals surface area contributed by atoms with Crippen LogP contribution in [0.1, 0.15) is 16.8 Å². The first-order valence-electron chi connectivity index (χ1n) is 4.62. The van der Waals surface area contributed by atoms with Crippen molar-refractivity contribution >= 4 is 23.7 Å². The van der Waals surface area contributed by atoms with Crippen LogP contribution in [0.15, 0.2) is 24.3 Å². The van der Waals surface area contributed by atoms with Crippen molar-refractivity contribution in [3.8, 4) is 0 Å². The number of carbonyl (C=O) groups is 3. The van der Waals surface area contributed by atoms with Gasteiger partial charge in [0.2, 0.25) is 5.78 Å². The molecule has 4 nitrogen and oxygen atoms in total. The molecule has 1 saturated heterocycles. The van der Waals surface area contributed by atoms with Gasteiger partial charge in [0.05, 0.1) is 0 Å². The number of hydrogen-bond acceptors (Lipinski definition) is 3. The molecule has 0 N–H and O–H groups in total. The quantitative estimate of drug-likeness (QED) is 0.527. The maximum atomic E-state index is 11.4. The normalized spacial score (nSPS) is 15.9. The highest BCUT2D eigenvalue weighted by Gasteiger charge is 2.29. The molecule has 1 heterocycles. The molecule has 1 fully saturated rings. The van der Waals surface area contributed by atoms with Crippen LogP contribution in [0.2, 0.25) is 0 Å². The SMILES string of the molecule is O=Cc1ccc(N2CCC(=O)C2=O)cc1. The Balaban J connectivity index is 2.27. The third-order valence-corrected chi connectivity index (χ3v) is 2.39. The number of aldehydes is 1. The standard InChI is InChI=1S/C11H9NO3/c13-7-8-1-3-9(4-2-8)12-6-5-10(14)11(12)15/h1-4,7H,5-6H2. The molecule has 0 saturated carbocycles. The Hall–Kier alpha value is -1.97. The number of ketones is 1. The van der Waals surface area contributed by atoms with Gasteiger partial charge >= 0.3 is 0 Å². The summed E-state index contributed by atoms with van der Waals surface area (Å²) >= 11 is 0. The van der Waals surface area contributed by atoms with Crippen molar-refractivity contribution in [3.63, 3.8) is 0 Å². The number of hydrogen-bond donors (Lipinski definition) is 0. The number of Topliss-reactive ketones (excluding diaryl/α,β-unsaturated/α-hetero) is 1. The van der Waals surface area contributed by atoms with E-state index in [1.165, 1.54) is 4.90 Å². The molecule has 1 aliphatic heterocycles. The lowest BCUT2D eigenvalue weighted by Crippen LogP contribution is -2.26. The summed E-state index contributed by atoms with van der Waals surface area (Å²) in [6.07, 6.45) is 1.01. The molecule has 2 rings (SSSR count). The summed E-state index contributed by atoms with van der Waals surface area (Å²) < 4.78 is 0. The first kappa shape index (κ1) is 9.58. The van der Waals surface area contributed by atoms with Gasteiger partial charge in [0.15, 0.2) is 0 Å². The monoisotopic (exact) mass is 203 g/mol. The largest absolute Gasteiger partial charge is 0.305 e. The molecule has 76 valence electrons. The van der Waals surface area contributed by atoms with Crippen LogP contribution in [0.5, 0.6) is 0 Å². The highest BCUT2D eigenvalue weighted by atomic mass is 16.2. The zero-order chi connectivity index (χ0) is 10.8. The average Bonchev–Trinajstić information content (AvgIpc) is 2.60. The third kappa shape index (κ3) is 1.66. The lowest BCUT2D eigenvalue weighted by Gasteiger charge is -2.14. The van der Waals surface area contributed by atoms with Crippen LogP contribution < -0.4 is 4.90 Å². The van der Waals surface area contributed by atoms with Crippen molar-refractivity contribution in [1.82, 2.24) is 0 Å². The van der Waals surface area contributed by atoms with Crippen LogP contribution in [-0.4, -0.2) is 24.5 Å². The van der Waals surface area contributed by atoms with Crippen molar-refractivity contribution in [2.24, 2.45) is 0 Å². The molecule has 1 amide bonds. The van der Waals surface area contributed by atoms with E-state index < -0.39 is 5.91 Å². The first-order chi connectivity index (χ1) is 7.22. The van der Waals surface area contributed by atoms with Gasteiger partial charge in [-0.1, -0.05) is 0 Å². The molecule has 0 aromatic heterocycles. The van der Waals surface area contributed by atoms with E-state index in [4.69, 9.17) is 0 Å². The summed E-state index contributed by atoms with van der Waals surface area (Å²) in [7, 11) is 0. The molecule has 1 aliphatic rings. The molecule has 0 unspecified atom stereocenters. The van der Waals surface area contributed by atoms with Crippen LogP contribution >= 0.6 is 0 Å². The van der Waals surface area contributed by atoms with Crippen LogP contribution in [0.3, 0.4) is 0 Å². The molecular weight excluding hydrogens is 194 g/mol. The van der Waals surface area contributed by atoms with Crippen LogP contribution in [-0.2, 0) is 9.59 Å². The predicted octanol–water partition coefficient (Wildman–Crippen LogP) is 0.805. The van der Waals surface area contributed by atoms with Crippen molar-refractivity contribution in [1.29, 1.82) is 0 Å². The number of nitrogens with zero attached hydrogens (tertiary/aromatic N) is 1. The van der Waals surface area contributed by atoms with E-state index in [1.807, 2.05) is 0 Å². The molecule has 1 aromatic carbocycles. The Labute approximate surface area is 86.5 Å². The second kappa shape index (κ2) is 3.65. The summed E-state index contributed by atoms with van der Waals surface area (Å²) in [6.45, 7) is 0.429. The van der Waals surface area contributed by atoms with Gasteiger partial charge in [0.1, 0.15) is 6.29 Å². The van der Waals surface area contributed by atoms with E-state index in [-0.39, 0.29) is 12.2 Å². The summed E-state index contributed by atoms with van der Waals surface area (Å²) in [4.78, 5) is 34.2. The van der Waals surface area contributed by atoms with Gasteiger partial charge in [-0.25, -0.2) is 0 Å². The Morgan fingerprint density at radius 1 is 1.13 bits per heavy atom. The Bertz CT molecular complexity index is 422. The lowest BCUT2D eigenvalue weighted by atomic mass is 10.2. The number of benzene rings is 1. The van der Waals surface area contributed by atoms with Crippen molar-refractivity contribution in [3.05, 3.63) is 29.8 Å². The minimum Gasteiger partial charge on any atom is -0.305 e. The van der Waals surface area contributed by atoms with Gasteiger partial charge in [0.25, 0.3) is 5.91 Å². The highest BCUT2D eigenvalue weighted by molar-refractivity contribution is 6.43. The van der Waals surface area contributed by atoms with Crippen LogP contribution in [0.25, 0.3) is 0 Å². The number of carbonyl (C=O) groups excluding carboxylic acids is 3. The summed E-state index contributed by atoms with van der Waals surface area (Å²) in [5.74, 6) is -0.816. The first-order valence-corrected chi connectivity index (χ1v) is 4.62. The molecule has 15 heavy (non-hydrogen) atoms. The van der Waals surface area contributed by atoms with Crippen molar-refractivity contribution < 1.29 is 14.4 Å². The third-order valence-electron chi connectivity index (χ3n) is 2.39. The average molecular weight is 203 g/mol. The van der Waals surface area contributed by atoms with E-state index >= 15 is 0 Å². The maximum Gasteiger partial charge on any atom is 0.294 e.